The van der Waals surface area contributed by atoms with Gasteiger partial charge < -0.3 is 10.4 Å². The van der Waals surface area contributed by atoms with Crippen molar-refractivity contribution in [3.63, 3.8) is 0 Å². The fourth-order valence-corrected chi connectivity index (χ4v) is 5.73. The Hall–Kier alpha value is -3.00. The third-order valence-corrected chi connectivity index (χ3v) is 8.00. The molecular formula is C20H20F3N3O6S2. The topological polar surface area (TPSA) is 143 Å². The van der Waals surface area contributed by atoms with Gasteiger partial charge in [0.05, 0.1) is 23.4 Å². The maximum absolute atomic E-state index is 13.2. The molecule has 0 spiro atoms. The molecule has 34 heavy (non-hydrogen) atoms. The molecule has 184 valence electrons. The van der Waals surface area contributed by atoms with E-state index in [0.717, 1.165) is 31.2 Å². The van der Waals surface area contributed by atoms with Gasteiger partial charge in [0.1, 0.15) is 4.21 Å². The molecule has 1 aromatic carbocycles. The number of carboxylic acid groups (broad SMARTS) is 1. The van der Waals surface area contributed by atoms with Gasteiger partial charge in [-0.15, -0.1) is 0 Å². The highest BCUT2D eigenvalue weighted by atomic mass is 32.2. The molecule has 3 N–H and O–H groups in total. The third kappa shape index (κ3) is 6.11. The number of rotatable bonds is 7. The van der Waals surface area contributed by atoms with Crippen LogP contribution in [0.25, 0.3) is 0 Å². The van der Waals surface area contributed by atoms with E-state index in [2.05, 4.69) is 15.6 Å². The predicted molar refractivity (Wildman–Crippen MR) is 117 cm³/mol. The minimum atomic E-state index is -4.69. The molecule has 0 saturated heterocycles. The number of amides is 2. The van der Waals surface area contributed by atoms with Crippen molar-refractivity contribution < 1.29 is 41.1 Å². The second-order valence-corrected chi connectivity index (χ2v) is 11.0. The normalized spacial score (nSPS) is 14.7. The fraction of sp³-hybridized carbons (Fsp3) is 0.400. The molecule has 2 aromatic rings. The lowest BCUT2D eigenvalue weighted by molar-refractivity contribution is -0.138. The number of carbonyl (C=O) groups excluding carboxylic acids is 2. The van der Waals surface area contributed by atoms with Gasteiger partial charge in [-0.3, -0.25) is 14.9 Å². The van der Waals surface area contributed by atoms with E-state index in [9.17, 15) is 36.0 Å². The molecule has 1 aromatic heterocycles. The van der Waals surface area contributed by atoms with E-state index >= 15 is 0 Å². The van der Waals surface area contributed by atoms with Crippen molar-refractivity contribution in [3.8, 4) is 0 Å². The minimum Gasteiger partial charge on any atom is -0.481 e. The highest BCUT2D eigenvalue weighted by Gasteiger charge is 2.33. The first kappa shape index (κ1) is 25.6. The molecule has 0 unspecified atom stereocenters. The van der Waals surface area contributed by atoms with Crippen molar-refractivity contribution in [2.45, 2.75) is 42.5 Å². The van der Waals surface area contributed by atoms with Gasteiger partial charge in [0, 0.05) is 17.7 Å². The first-order chi connectivity index (χ1) is 15.8. The smallest absolute Gasteiger partial charge is 0.416 e. The van der Waals surface area contributed by atoms with Crippen LogP contribution in [0.4, 0.5) is 28.8 Å². The SMILES string of the molecule is CS(=O)(=O)c1sc(NC(=O)Nc2ccc(C(F)(F)F)cc2C(=O)C2CCCC2)nc1CC(=O)O. The van der Waals surface area contributed by atoms with E-state index in [1.807, 2.05) is 0 Å². The summed E-state index contributed by atoms with van der Waals surface area (Å²) in [6.45, 7) is 0. The van der Waals surface area contributed by atoms with Gasteiger partial charge in [-0.25, -0.2) is 18.2 Å². The van der Waals surface area contributed by atoms with Crippen LogP contribution < -0.4 is 10.6 Å². The molecule has 14 heteroatoms. The van der Waals surface area contributed by atoms with Gasteiger partial charge in [0.2, 0.25) is 0 Å². The Labute approximate surface area is 196 Å². The van der Waals surface area contributed by atoms with E-state index in [1.54, 1.807) is 0 Å². The van der Waals surface area contributed by atoms with Gasteiger partial charge in [0.25, 0.3) is 0 Å². The number of alkyl halides is 3. The number of hydrogen-bond donors (Lipinski definition) is 3. The summed E-state index contributed by atoms with van der Waals surface area (Å²) < 4.78 is 63.1. The number of aromatic nitrogens is 1. The standard InChI is InChI=1S/C20H20F3N3O6S2/c1-34(31,32)17-14(9-15(27)28)25-19(33-17)26-18(30)24-13-7-6-11(20(21,22)23)8-12(13)16(29)10-4-2-3-5-10/h6-8,10H,2-5,9H2,1H3,(H,27,28)(H2,24,25,26,30). The van der Waals surface area contributed by atoms with E-state index in [-0.39, 0.29) is 26.3 Å². The summed E-state index contributed by atoms with van der Waals surface area (Å²) in [5.74, 6) is -2.27. The molecule has 1 saturated carbocycles. The van der Waals surface area contributed by atoms with Crippen LogP contribution >= 0.6 is 11.3 Å². The highest BCUT2D eigenvalue weighted by Crippen LogP contribution is 2.35. The van der Waals surface area contributed by atoms with Gasteiger partial charge in [-0.2, -0.15) is 13.2 Å². The Kier molecular flexibility index (Phi) is 7.31. The summed E-state index contributed by atoms with van der Waals surface area (Å²) in [4.78, 5) is 40.2. The molecule has 1 fully saturated rings. The number of hydrogen-bond acceptors (Lipinski definition) is 7. The Bertz CT molecular complexity index is 1230. The van der Waals surface area contributed by atoms with Crippen LogP contribution in [0, 0.1) is 5.92 Å². The van der Waals surface area contributed by atoms with Crippen LogP contribution in [0.1, 0.15) is 47.3 Å². The van der Waals surface area contributed by atoms with Crippen molar-refractivity contribution >= 4 is 49.8 Å². The minimum absolute atomic E-state index is 0.145. The quantitative estimate of drug-likeness (QED) is 0.465. The maximum Gasteiger partial charge on any atom is 0.416 e. The molecule has 3 rings (SSSR count). The van der Waals surface area contributed by atoms with Crippen molar-refractivity contribution in [2.75, 3.05) is 16.9 Å². The highest BCUT2D eigenvalue weighted by molar-refractivity contribution is 7.92. The molecule has 1 heterocycles. The number of ketones is 1. The largest absolute Gasteiger partial charge is 0.481 e. The number of nitrogens with zero attached hydrogens (tertiary/aromatic N) is 1. The molecule has 1 aliphatic carbocycles. The number of benzene rings is 1. The van der Waals surface area contributed by atoms with Crippen molar-refractivity contribution in [2.24, 2.45) is 5.92 Å². The zero-order valence-corrected chi connectivity index (χ0v) is 19.4. The molecule has 0 aliphatic heterocycles. The molecular weight excluding hydrogens is 499 g/mol. The number of anilines is 2. The first-order valence-electron chi connectivity index (χ1n) is 10.0. The Balaban J connectivity index is 1.87. The lowest BCUT2D eigenvalue weighted by Gasteiger charge is -2.16. The Morgan fingerprint density at radius 3 is 2.38 bits per heavy atom. The number of thiazole rings is 1. The molecule has 9 nitrogen and oxygen atoms in total. The van der Waals surface area contributed by atoms with Crippen LogP contribution in [0.3, 0.4) is 0 Å². The van der Waals surface area contributed by atoms with Gasteiger partial charge >= 0.3 is 18.2 Å². The lowest BCUT2D eigenvalue weighted by atomic mass is 9.93. The summed E-state index contributed by atoms with van der Waals surface area (Å²) in [6.07, 6.45) is -1.87. The van der Waals surface area contributed by atoms with E-state index in [0.29, 0.717) is 30.2 Å². The second-order valence-electron chi connectivity index (χ2n) is 7.78. The molecule has 0 radical (unpaired) electrons. The van der Waals surface area contributed by atoms with E-state index in [4.69, 9.17) is 5.11 Å². The first-order valence-corrected chi connectivity index (χ1v) is 12.7. The number of urea groups is 1. The van der Waals surface area contributed by atoms with Crippen molar-refractivity contribution in [1.82, 2.24) is 4.98 Å². The summed E-state index contributed by atoms with van der Waals surface area (Å²) in [5, 5.41) is 13.3. The average molecular weight is 520 g/mol. The monoisotopic (exact) mass is 519 g/mol. The number of halogens is 3. The summed E-state index contributed by atoms with van der Waals surface area (Å²) >= 11 is 0.534. The van der Waals surface area contributed by atoms with Gasteiger partial charge in [0.15, 0.2) is 20.8 Å². The zero-order valence-electron chi connectivity index (χ0n) is 17.7. The molecule has 2 amide bonds. The van der Waals surface area contributed by atoms with E-state index < -0.39 is 51.7 Å². The lowest BCUT2D eigenvalue weighted by Crippen LogP contribution is -2.23. The number of sulfone groups is 1. The van der Waals surface area contributed by atoms with Crippen LogP contribution in [0.2, 0.25) is 0 Å². The fourth-order valence-electron chi connectivity index (χ4n) is 3.63. The van der Waals surface area contributed by atoms with Crippen molar-refractivity contribution in [1.29, 1.82) is 0 Å². The number of carboxylic acids is 1. The van der Waals surface area contributed by atoms with Gasteiger partial charge in [-0.1, -0.05) is 24.2 Å². The van der Waals surface area contributed by atoms with E-state index in [1.165, 1.54) is 0 Å². The van der Waals surface area contributed by atoms with Gasteiger partial charge in [-0.05, 0) is 31.0 Å². The number of Topliss-reactive ketones (excluding diaryl/α,β-unsaturated/α-hetero) is 1. The maximum atomic E-state index is 13.2. The summed E-state index contributed by atoms with van der Waals surface area (Å²) in [7, 11) is -3.83. The average Bonchev–Trinajstić information content (AvgIpc) is 3.36. The zero-order chi connectivity index (χ0) is 25.3. The molecule has 0 bridgehead atoms. The molecule has 1 aliphatic rings. The number of carbonyl (C=O) groups is 3. The van der Waals surface area contributed by atoms with Crippen LogP contribution in [-0.2, 0) is 27.2 Å². The summed E-state index contributed by atoms with van der Waals surface area (Å²) in [6, 6.07) is 1.42. The third-order valence-electron chi connectivity index (χ3n) is 5.12. The Morgan fingerprint density at radius 1 is 1.18 bits per heavy atom. The Morgan fingerprint density at radius 2 is 1.82 bits per heavy atom. The summed E-state index contributed by atoms with van der Waals surface area (Å²) in [5.41, 5.74) is -1.72. The predicted octanol–water partition coefficient (Wildman–Crippen LogP) is 4.21. The number of nitrogens with one attached hydrogen (secondary N) is 2. The number of aliphatic carboxylic acids is 1. The second kappa shape index (κ2) is 9.70. The van der Waals surface area contributed by atoms with Crippen molar-refractivity contribution in [3.05, 3.63) is 35.0 Å². The van der Waals surface area contributed by atoms with Crippen LogP contribution in [-0.4, -0.2) is 42.5 Å². The van der Waals surface area contributed by atoms with Crippen LogP contribution in [0.15, 0.2) is 22.4 Å². The van der Waals surface area contributed by atoms with Crippen LogP contribution in [0.5, 0.6) is 0 Å². The molecule has 0 atom stereocenters.